The van der Waals surface area contributed by atoms with E-state index in [1.54, 1.807) is 13.8 Å². The molecule has 0 aliphatic carbocycles. The maximum Gasteiger partial charge on any atom is 0.322 e. The zero-order valence-electron chi connectivity index (χ0n) is 12.0. The Morgan fingerprint density at radius 3 is 2.48 bits per heavy atom. The van der Waals surface area contributed by atoms with Gasteiger partial charge in [0.15, 0.2) is 15.1 Å². The minimum Gasteiger partial charge on any atom is -0.495 e. The lowest BCUT2D eigenvalue weighted by Crippen LogP contribution is -2.35. The SMILES string of the molecule is COc1ccc(CS(=O)(=O)C(C(=O)O)C(C)C)cc1C#N. The molecule has 0 saturated carbocycles. The fraction of sp³-hybridized carbons (Fsp3) is 0.429. The largest absolute Gasteiger partial charge is 0.495 e. The van der Waals surface area contributed by atoms with Crippen LogP contribution in [0.3, 0.4) is 0 Å². The van der Waals surface area contributed by atoms with Crippen LogP contribution in [0.1, 0.15) is 25.0 Å². The molecule has 0 aromatic heterocycles. The predicted octanol–water partition coefficient (Wildman–Crippen LogP) is 1.59. The van der Waals surface area contributed by atoms with E-state index in [9.17, 15) is 13.2 Å². The number of nitrogens with zero attached hydrogens (tertiary/aromatic N) is 1. The van der Waals surface area contributed by atoms with E-state index in [0.29, 0.717) is 11.3 Å². The van der Waals surface area contributed by atoms with Crippen LogP contribution in [0.15, 0.2) is 18.2 Å². The molecule has 7 heteroatoms. The predicted molar refractivity (Wildman–Crippen MR) is 76.6 cm³/mol. The summed E-state index contributed by atoms with van der Waals surface area (Å²) >= 11 is 0. The minimum absolute atomic E-state index is 0.210. The van der Waals surface area contributed by atoms with Gasteiger partial charge in [0.25, 0.3) is 0 Å². The van der Waals surface area contributed by atoms with Crippen LogP contribution in [0.2, 0.25) is 0 Å². The van der Waals surface area contributed by atoms with E-state index >= 15 is 0 Å². The normalized spacial score (nSPS) is 12.7. The summed E-state index contributed by atoms with van der Waals surface area (Å²) < 4.78 is 29.5. The molecule has 0 bridgehead atoms. The van der Waals surface area contributed by atoms with E-state index in [2.05, 4.69) is 0 Å². The van der Waals surface area contributed by atoms with E-state index in [1.165, 1.54) is 25.3 Å². The first-order valence-electron chi connectivity index (χ1n) is 6.24. The van der Waals surface area contributed by atoms with Crippen molar-refractivity contribution < 1.29 is 23.1 Å². The number of hydrogen-bond acceptors (Lipinski definition) is 5. The molecule has 0 aliphatic rings. The van der Waals surface area contributed by atoms with Gasteiger partial charge in [-0.3, -0.25) is 4.79 Å². The average molecular weight is 311 g/mol. The number of nitriles is 1. The van der Waals surface area contributed by atoms with Gasteiger partial charge in [0.1, 0.15) is 11.8 Å². The van der Waals surface area contributed by atoms with E-state index in [0.717, 1.165) is 0 Å². The molecule has 0 radical (unpaired) electrons. The number of rotatable bonds is 6. The maximum atomic E-state index is 12.2. The molecule has 114 valence electrons. The van der Waals surface area contributed by atoms with Crippen LogP contribution in [0.5, 0.6) is 5.75 Å². The van der Waals surface area contributed by atoms with Gasteiger partial charge in [-0.25, -0.2) is 8.42 Å². The number of benzene rings is 1. The van der Waals surface area contributed by atoms with Crippen LogP contribution >= 0.6 is 0 Å². The maximum absolute atomic E-state index is 12.2. The van der Waals surface area contributed by atoms with Gasteiger partial charge < -0.3 is 9.84 Å². The van der Waals surface area contributed by atoms with Crippen LogP contribution in [0, 0.1) is 17.2 Å². The smallest absolute Gasteiger partial charge is 0.322 e. The third-order valence-electron chi connectivity index (χ3n) is 2.99. The van der Waals surface area contributed by atoms with E-state index in [4.69, 9.17) is 15.1 Å². The Labute approximate surface area is 123 Å². The van der Waals surface area contributed by atoms with Crippen molar-refractivity contribution in [3.05, 3.63) is 29.3 Å². The molecule has 0 spiro atoms. The molecule has 0 aliphatic heterocycles. The summed E-state index contributed by atoms with van der Waals surface area (Å²) in [7, 11) is -2.46. The first-order valence-corrected chi connectivity index (χ1v) is 7.96. The molecular formula is C14H17NO5S. The van der Waals surface area contributed by atoms with Gasteiger partial charge in [0, 0.05) is 0 Å². The molecule has 1 rings (SSSR count). The van der Waals surface area contributed by atoms with E-state index in [-0.39, 0.29) is 5.56 Å². The Hall–Kier alpha value is -2.07. The summed E-state index contributed by atoms with van der Waals surface area (Å²) in [5, 5.41) is 16.6. The first-order chi connectivity index (χ1) is 9.72. The number of methoxy groups -OCH3 is 1. The fourth-order valence-corrected chi connectivity index (χ4v) is 4.07. The van der Waals surface area contributed by atoms with Gasteiger partial charge in [-0.1, -0.05) is 19.9 Å². The number of carbonyl (C=O) groups is 1. The van der Waals surface area contributed by atoms with E-state index in [1.807, 2.05) is 6.07 Å². The highest BCUT2D eigenvalue weighted by molar-refractivity contribution is 7.92. The van der Waals surface area contributed by atoms with Crippen LogP contribution in [0.4, 0.5) is 0 Å². The second-order valence-corrected chi connectivity index (χ2v) is 7.08. The van der Waals surface area contributed by atoms with Gasteiger partial charge in [0.2, 0.25) is 0 Å². The Balaban J connectivity index is 3.15. The molecule has 1 aromatic carbocycles. The van der Waals surface area contributed by atoms with Gasteiger partial charge in [-0.15, -0.1) is 0 Å². The number of ether oxygens (including phenoxy) is 1. The van der Waals surface area contributed by atoms with Crippen molar-refractivity contribution in [2.75, 3.05) is 7.11 Å². The van der Waals surface area contributed by atoms with Crippen LogP contribution in [0.25, 0.3) is 0 Å². The fourth-order valence-electron chi connectivity index (χ4n) is 2.11. The molecule has 21 heavy (non-hydrogen) atoms. The Morgan fingerprint density at radius 2 is 2.05 bits per heavy atom. The van der Waals surface area contributed by atoms with Crippen molar-refractivity contribution in [3.8, 4) is 11.8 Å². The molecule has 1 aromatic rings. The van der Waals surface area contributed by atoms with Crippen molar-refractivity contribution in [2.24, 2.45) is 5.92 Å². The van der Waals surface area contributed by atoms with Gasteiger partial charge in [0.05, 0.1) is 18.4 Å². The lowest BCUT2D eigenvalue weighted by Gasteiger charge is -2.17. The third kappa shape index (κ3) is 3.95. The van der Waals surface area contributed by atoms with Crippen molar-refractivity contribution in [1.82, 2.24) is 0 Å². The third-order valence-corrected chi connectivity index (χ3v) is 5.24. The molecule has 0 saturated heterocycles. The molecule has 0 heterocycles. The second kappa shape index (κ2) is 6.59. The quantitative estimate of drug-likeness (QED) is 0.855. The van der Waals surface area contributed by atoms with Gasteiger partial charge in [-0.05, 0) is 23.6 Å². The number of carboxylic acids is 1. The molecule has 6 nitrogen and oxygen atoms in total. The molecule has 0 fully saturated rings. The van der Waals surface area contributed by atoms with Gasteiger partial charge in [-0.2, -0.15) is 5.26 Å². The highest BCUT2D eigenvalue weighted by atomic mass is 32.2. The summed E-state index contributed by atoms with van der Waals surface area (Å²) in [5.74, 6) is -1.99. The Kier molecular flexibility index (Phi) is 5.33. The lowest BCUT2D eigenvalue weighted by atomic mass is 10.1. The van der Waals surface area contributed by atoms with E-state index < -0.39 is 32.7 Å². The second-order valence-electron chi connectivity index (χ2n) is 4.96. The van der Waals surface area contributed by atoms with Crippen molar-refractivity contribution in [2.45, 2.75) is 24.9 Å². The van der Waals surface area contributed by atoms with Crippen LogP contribution in [-0.4, -0.2) is 31.9 Å². The monoisotopic (exact) mass is 311 g/mol. The van der Waals surface area contributed by atoms with Crippen LogP contribution < -0.4 is 4.74 Å². The Bertz CT molecular complexity index is 673. The number of aliphatic carboxylic acids is 1. The number of sulfone groups is 1. The summed E-state index contributed by atoms with van der Waals surface area (Å²) in [6.45, 7) is 3.09. The Morgan fingerprint density at radius 1 is 1.43 bits per heavy atom. The van der Waals surface area contributed by atoms with Crippen molar-refractivity contribution in [3.63, 3.8) is 0 Å². The summed E-state index contributed by atoms with van der Waals surface area (Å²) in [4.78, 5) is 11.1. The van der Waals surface area contributed by atoms with Gasteiger partial charge >= 0.3 is 5.97 Å². The lowest BCUT2D eigenvalue weighted by molar-refractivity contribution is -0.137. The molecule has 1 N–H and O–H groups in total. The topological polar surface area (TPSA) is 104 Å². The minimum atomic E-state index is -3.87. The zero-order valence-corrected chi connectivity index (χ0v) is 12.8. The summed E-state index contributed by atoms with van der Waals surface area (Å²) in [6.07, 6.45) is 0. The molecular weight excluding hydrogens is 294 g/mol. The molecule has 1 atom stereocenters. The summed E-state index contributed by atoms with van der Waals surface area (Å²) in [5.41, 5.74) is 0.570. The summed E-state index contributed by atoms with van der Waals surface area (Å²) in [6, 6.07) is 6.31. The highest BCUT2D eigenvalue weighted by Crippen LogP contribution is 2.23. The first kappa shape index (κ1) is 17.0. The zero-order chi connectivity index (χ0) is 16.2. The average Bonchev–Trinajstić information content (AvgIpc) is 2.36. The molecule has 0 amide bonds. The highest BCUT2D eigenvalue weighted by Gasteiger charge is 2.35. The number of carboxylic acid groups (broad SMARTS) is 1. The van der Waals surface area contributed by atoms with Crippen molar-refractivity contribution in [1.29, 1.82) is 5.26 Å². The molecule has 1 unspecified atom stereocenters. The van der Waals surface area contributed by atoms with Crippen molar-refractivity contribution >= 4 is 15.8 Å². The standard InChI is InChI=1S/C14H17NO5S/c1-9(2)13(14(16)17)21(18,19)8-10-4-5-12(20-3)11(6-10)7-15/h4-6,9,13H,8H2,1-3H3,(H,16,17). The number of hydrogen-bond donors (Lipinski definition) is 1. The van der Waals surface area contributed by atoms with Crippen LogP contribution in [-0.2, 0) is 20.4 Å².